The molecule has 1 aromatic carbocycles. The van der Waals surface area contributed by atoms with E-state index in [-0.39, 0.29) is 11.4 Å². The zero-order valence-electron chi connectivity index (χ0n) is 12.7. The van der Waals surface area contributed by atoms with Gasteiger partial charge in [0, 0.05) is 27.3 Å². The molecule has 8 heteroatoms. The number of nitrogens with one attached hydrogen (secondary N) is 2. The van der Waals surface area contributed by atoms with Gasteiger partial charge < -0.3 is 14.8 Å². The lowest BCUT2D eigenvalue weighted by Gasteiger charge is -2.07. The van der Waals surface area contributed by atoms with E-state index < -0.39 is 5.91 Å². The number of fused-ring (bicyclic) bond motifs is 1. The summed E-state index contributed by atoms with van der Waals surface area (Å²) in [5.74, 6) is -0.701. The van der Waals surface area contributed by atoms with Gasteiger partial charge in [0.15, 0.2) is 5.69 Å². The number of nitrogens with zero attached hydrogens (tertiary/aromatic N) is 2. The molecule has 4 rings (SSSR count). The molecule has 0 fully saturated rings. The van der Waals surface area contributed by atoms with Gasteiger partial charge in [-0.25, -0.2) is 4.98 Å². The van der Waals surface area contributed by atoms with Crippen molar-refractivity contribution in [2.75, 3.05) is 5.32 Å². The molecule has 0 aliphatic rings. The Hall–Kier alpha value is -3.13. The van der Waals surface area contributed by atoms with Crippen molar-refractivity contribution < 1.29 is 14.3 Å². The zero-order chi connectivity index (χ0) is 17.4. The highest BCUT2D eigenvalue weighted by Gasteiger charge is 2.15. The Balaban J connectivity index is 1.68. The van der Waals surface area contributed by atoms with Crippen LogP contribution in [-0.2, 0) is 0 Å². The van der Waals surface area contributed by atoms with Crippen molar-refractivity contribution in [3.05, 3.63) is 59.2 Å². The maximum Gasteiger partial charge on any atom is 0.278 e. The summed E-state index contributed by atoms with van der Waals surface area (Å²) in [6.07, 6.45) is 4.62. The van der Waals surface area contributed by atoms with Gasteiger partial charge in [-0.2, -0.15) is 5.10 Å². The van der Waals surface area contributed by atoms with Crippen molar-refractivity contribution in [2.24, 2.45) is 0 Å². The van der Waals surface area contributed by atoms with Crippen molar-refractivity contribution in [2.45, 2.75) is 0 Å². The molecule has 3 N–H and O–H groups in total. The zero-order valence-corrected chi connectivity index (χ0v) is 14.2. The first-order chi connectivity index (χ1) is 12.1. The normalized spacial score (nSPS) is 10.9. The summed E-state index contributed by atoms with van der Waals surface area (Å²) in [4.78, 5) is 16.3. The van der Waals surface area contributed by atoms with Gasteiger partial charge >= 0.3 is 0 Å². The number of aromatic nitrogens is 3. The predicted molar refractivity (Wildman–Crippen MR) is 95.4 cm³/mol. The van der Waals surface area contributed by atoms with Gasteiger partial charge in [-0.15, -0.1) is 0 Å². The first-order valence-corrected chi connectivity index (χ1v) is 8.07. The number of carbonyl (C=O) groups is 1. The van der Waals surface area contributed by atoms with Crippen LogP contribution in [0.2, 0.25) is 0 Å². The number of hydrogen-bond acceptors (Lipinski definition) is 5. The Morgan fingerprint density at radius 3 is 2.92 bits per heavy atom. The monoisotopic (exact) mass is 398 g/mol. The maximum atomic E-state index is 12.3. The van der Waals surface area contributed by atoms with Crippen molar-refractivity contribution in [1.82, 2.24) is 15.2 Å². The molecule has 3 heterocycles. The van der Waals surface area contributed by atoms with Gasteiger partial charge in [0.1, 0.15) is 11.4 Å². The lowest BCUT2D eigenvalue weighted by Crippen LogP contribution is -2.13. The molecule has 124 valence electrons. The van der Waals surface area contributed by atoms with Crippen molar-refractivity contribution >= 4 is 38.4 Å². The van der Waals surface area contributed by atoms with Crippen molar-refractivity contribution in [3.63, 3.8) is 0 Å². The average molecular weight is 399 g/mol. The topological polar surface area (TPSA) is 104 Å². The number of anilines is 1. The number of aromatic amines is 1. The third-order valence-corrected chi connectivity index (χ3v) is 4.10. The second-order valence-corrected chi connectivity index (χ2v) is 6.24. The summed E-state index contributed by atoms with van der Waals surface area (Å²) in [5.41, 5.74) is 2.91. The Labute approximate surface area is 149 Å². The third-order valence-electron chi connectivity index (χ3n) is 3.66. The third kappa shape index (κ3) is 2.87. The minimum absolute atomic E-state index is 0.0504. The molecule has 7 nitrogen and oxygen atoms in total. The standard InChI is InChI=1S/C17H11BrN4O3/c18-10-5-14(23)16(19-7-10)17(24)20-11-1-2-13-12(6-11)15(22-21-13)9-3-4-25-8-9/h1-8,23H,(H,20,24)(H,21,22). The number of furan rings is 1. The molecular formula is C17H11BrN4O3. The van der Waals surface area contributed by atoms with Crippen molar-refractivity contribution in [3.8, 4) is 17.0 Å². The van der Waals surface area contributed by atoms with Crippen LogP contribution in [0.3, 0.4) is 0 Å². The molecule has 0 bridgehead atoms. The van der Waals surface area contributed by atoms with Gasteiger partial charge in [0.05, 0.1) is 18.0 Å². The molecule has 3 aromatic heterocycles. The number of halogens is 1. The highest BCUT2D eigenvalue weighted by Crippen LogP contribution is 2.29. The summed E-state index contributed by atoms with van der Waals surface area (Å²) in [6.45, 7) is 0. The molecule has 0 aliphatic carbocycles. The SMILES string of the molecule is O=C(Nc1ccc2[nH]nc(-c3ccoc3)c2c1)c1ncc(Br)cc1O. The second kappa shape index (κ2) is 6.06. The highest BCUT2D eigenvalue weighted by molar-refractivity contribution is 9.10. The molecule has 0 saturated heterocycles. The summed E-state index contributed by atoms with van der Waals surface area (Å²) < 4.78 is 5.69. The Bertz CT molecular complexity index is 1070. The number of amides is 1. The van der Waals surface area contributed by atoms with Crippen LogP contribution in [0.1, 0.15) is 10.5 Å². The number of aromatic hydroxyl groups is 1. The molecule has 25 heavy (non-hydrogen) atoms. The number of rotatable bonds is 3. The number of pyridine rings is 1. The Kier molecular flexibility index (Phi) is 3.73. The van der Waals surface area contributed by atoms with E-state index in [1.165, 1.54) is 12.3 Å². The number of H-pyrrole nitrogens is 1. The number of carbonyl (C=O) groups excluding carboxylic acids is 1. The first-order valence-electron chi connectivity index (χ1n) is 7.28. The molecule has 0 unspecified atom stereocenters. The summed E-state index contributed by atoms with van der Waals surface area (Å²) in [7, 11) is 0. The predicted octanol–water partition coefficient (Wildman–Crippen LogP) is 3.94. The smallest absolute Gasteiger partial charge is 0.278 e. The van der Waals surface area contributed by atoms with Gasteiger partial charge in [0.25, 0.3) is 5.91 Å². The average Bonchev–Trinajstić information content (AvgIpc) is 3.23. The maximum absolute atomic E-state index is 12.3. The largest absolute Gasteiger partial charge is 0.505 e. The molecular weight excluding hydrogens is 388 g/mol. The molecule has 0 saturated carbocycles. The summed E-state index contributed by atoms with van der Waals surface area (Å²) in [5, 5.41) is 20.7. The van der Waals surface area contributed by atoms with Crippen LogP contribution in [-0.4, -0.2) is 26.2 Å². The fraction of sp³-hybridized carbons (Fsp3) is 0. The Morgan fingerprint density at radius 2 is 2.16 bits per heavy atom. The van der Waals surface area contributed by atoms with Crippen LogP contribution in [0, 0.1) is 0 Å². The van der Waals surface area contributed by atoms with Crippen LogP contribution in [0.25, 0.3) is 22.2 Å². The quantitative estimate of drug-likeness (QED) is 0.484. The molecule has 4 aromatic rings. The van der Waals surface area contributed by atoms with E-state index in [2.05, 4.69) is 36.4 Å². The van der Waals surface area contributed by atoms with E-state index in [4.69, 9.17) is 4.42 Å². The van der Waals surface area contributed by atoms with Gasteiger partial charge in [-0.3, -0.25) is 9.89 Å². The molecule has 0 radical (unpaired) electrons. The lowest BCUT2D eigenvalue weighted by atomic mass is 10.1. The van der Waals surface area contributed by atoms with Crippen LogP contribution >= 0.6 is 15.9 Å². The molecule has 0 aliphatic heterocycles. The van der Waals surface area contributed by atoms with Crippen LogP contribution < -0.4 is 5.32 Å². The molecule has 0 atom stereocenters. The minimum atomic E-state index is -0.502. The van der Waals surface area contributed by atoms with Crippen LogP contribution in [0.5, 0.6) is 5.75 Å². The van der Waals surface area contributed by atoms with E-state index in [1.54, 1.807) is 24.7 Å². The van der Waals surface area contributed by atoms with E-state index in [0.29, 0.717) is 10.2 Å². The first kappa shape index (κ1) is 15.4. The summed E-state index contributed by atoms with van der Waals surface area (Å²) >= 11 is 3.19. The van der Waals surface area contributed by atoms with Gasteiger partial charge in [-0.05, 0) is 46.3 Å². The highest BCUT2D eigenvalue weighted by atomic mass is 79.9. The summed E-state index contributed by atoms with van der Waals surface area (Å²) in [6, 6.07) is 8.59. The fourth-order valence-corrected chi connectivity index (χ4v) is 2.82. The van der Waals surface area contributed by atoms with Gasteiger partial charge in [0.2, 0.25) is 0 Å². The van der Waals surface area contributed by atoms with Gasteiger partial charge in [-0.1, -0.05) is 0 Å². The minimum Gasteiger partial charge on any atom is -0.505 e. The fourth-order valence-electron chi connectivity index (χ4n) is 2.50. The van der Waals surface area contributed by atoms with Crippen LogP contribution in [0.15, 0.2) is 57.9 Å². The van der Waals surface area contributed by atoms with Crippen molar-refractivity contribution in [1.29, 1.82) is 0 Å². The Morgan fingerprint density at radius 1 is 1.28 bits per heavy atom. The van der Waals surface area contributed by atoms with E-state index in [9.17, 15) is 9.90 Å². The number of benzene rings is 1. The van der Waals surface area contributed by atoms with Crippen LogP contribution in [0.4, 0.5) is 5.69 Å². The van der Waals surface area contributed by atoms with E-state index >= 15 is 0 Å². The second-order valence-electron chi connectivity index (χ2n) is 5.32. The molecule has 0 spiro atoms. The molecule has 1 amide bonds. The van der Waals surface area contributed by atoms with E-state index in [1.807, 2.05) is 12.1 Å². The number of hydrogen-bond donors (Lipinski definition) is 3. The lowest BCUT2D eigenvalue weighted by molar-refractivity contribution is 0.101. The van der Waals surface area contributed by atoms with E-state index in [0.717, 1.165) is 22.2 Å².